The minimum Gasteiger partial charge on any atom is -0.243 e. The van der Waals surface area contributed by atoms with Crippen molar-refractivity contribution in [2.45, 2.75) is 0 Å². The van der Waals surface area contributed by atoms with Gasteiger partial charge in [0.1, 0.15) is 0 Å². The summed E-state index contributed by atoms with van der Waals surface area (Å²) < 4.78 is 5.17. The molecule has 0 saturated carbocycles. The van der Waals surface area contributed by atoms with E-state index in [0.29, 0.717) is 25.6 Å². The van der Waals surface area contributed by atoms with Crippen LogP contribution in [-0.2, 0) is 0 Å². The van der Waals surface area contributed by atoms with Crippen LogP contribution < -0.4 is 0 Å². The number of nitrogens with zero attached hydrogens (tertiary/aromatic N) is 2. The van der Waals surface area contributed by atoms with E-state index in [1.165, 1.54) is 0 Å². The number of hydrogen-bond acceptors (Lipinski definition) is 3. The topological polar surface area (TPSA) is 38.9 Å². The maximum atomic E-state index is 5.87. The predicted molar refractivity (Wildman–Crippen MR) is 49.5 cm³/mol. The molecule has 12 heavy (non-hydrogen) atoms. The van der Waals surface area contributed by atoms with E-state index >= 15 is 0 Å². The van der Waals surface area contributed by atoms with Crippen molar-refractivity contribution in [2.75, 3.05) is 0 Å². The van der Waals surface area contributed by atoms with Crippen LogP contribution in [0.4, 0.5) is 0 Å². The molecule has 3 nitrogen and oxygen atoms in total. The Morgan fingerprint density at radius 3 is 2.67 bits per heavy atom. The van der Waals surface area contributed by atoms with Crippen molar-refractivity contribution in [3.8, 4) is 0 Å². The van der Waals surface area contributed by atoms with E-state index in [0.717, 1.165) is 0 Å². The summed E-state index contributed by atoms with van der Waals surface area (Å²) in [4.78, 5) is 0. The fourth-order valence-corrected chi connectivity index (χ4v) is 1.81. The van der Waals surface area contributed by atoms with Gasteiger partial charge < -0.3 is 0 Å². The second-order valence-electron chi connectivity index (χ2n) is 2.12. The highest BCUT2D eigenvalue weighted by molar-refractivity contribution is 9.10. The average molecular weight is 268 g/mol. The Kier molecular flexibility index (Phi) is 1.98. The Labute approximate surface area is 85.7 Å². The number of benzene rings is 1. The summed E-state index contributed by atoms with van der Waals surface area (Å²) in [6, 6.07) is 1.65. The molecular formula is C6HBrCl2N2O. The zero-order valence-electron chi connectivity index (χ0n) is 5.51. The van der Waals surface area contributed by atoms with E-state index < -0.39 is 0 Å². The van der Waals surface area contributed by atoms with Crippen LogP contribution in [0.15, 0.2) is 15.2 Å². The summed E-state index contributed by atoms with van der Waals surface area (Å²) in [5.41, 5.74) is 0.945. The molecule has 0 N–H and O–H groups in total. The summed E-state index contributed by atoms with van der Waals surface area (Å²) in [6.45, 7) is 0. The van der Waals surface area contributed by atoms with Gasteiger partial charge in [-0.1, -0.05) is 23.2 Å². The van der Waals surface area contributed by atoms with Gasteiger partial charge in [0.25, 0.3) is 0 Å². The van der Waals surface area contributed by atoms with Gasteiger partial charge in [0.2, 0.25) is 0 Å². The largest absolute Gasteiger partial charge is 0.243 e. The fourth-order valence-electron chi connectivity index (χ4n) is 0.845. The van der Waals surface area contributed by atoms with Crippen LogP contribution in [0.25, 0.3) is 11.0 Å². The third-order valence-corrected chi connectivity index (χ3v) is 2.91. The first-order valence-electron chi connectivity index (χ1n) is 2.96. The van der Waals surface area contributed by atoms with Gasteiger partial charge in [-0.2, -0.15) is 0 Å². The lowest BCUT2D eigenvalue weighted by Gasteiger charge is -1.95. The van der Waals surface area contributed by atoms with Crippen molar-refractivity contribution in [1.82, 2.24) is 10.3 Å². The highest BCUT2D eigenvalue weighted by Crippen LogP contribution is 2.33. The second-order valence-corrected chi connectivity index (χ2v) is 3.76. The van der Waals surface area contributed by atoms with Crippen molar-refractivity contribution in [3.05, 3.63) is 20.6 Å². The van der Waals surface area contributed by atoms with Gasteiger partial charge in [0.15, 0.2) is 11.0 Å². The van der Waals surface area contributed by atoms with E-state index in [4.69, 9.17) is 23.2 Å². The Morgan fingerprint density at radius 1 is 1.25 bits per heavy atom. The second kappa shape index (κ2) is 2.87. The van der Waals surface area contributed by atoms with Crippen LogP contribution in [0.3, 0.4) is 0 Å². The Balaban J connectivity index is 2.97. The maximum absolute atomic E-state index is 5.87. The van der Waals surface area contributed by atoms with Gasteiger partial charge in [-0.25, -0.2) is 4.63 Å². The molecule has 1 aromatic heterocycles. The quantitative estimate of drug-likeness (QED) is 0.688. The van der Waals surface area contributed by atoms with Gasteiger partial charge in [-0.15, -0.1) is 0 Å². The van der Waals surface area contributed by atoms with Crippen LogP contribution in [0.2, 0.25) is 10.0 Å². The van der Waals surface area contributed by atoms with Gasteiger partial charge >= 0.3 is 0 Å². The lowest BCUT2D eigenvalue weighted by Crippen LogP contribution is -1.76. The third kappa shape index (κ3) is 1.11. The van der Waals surface area contributed by atoms with Crippen LogP contribution in [0.1, 0.15) is 0 Å². The summed E-state index contributed by atoms with van der Waals surface area (Å²) >= 11 is 14.9. The number of halogens is 3. The Morgan fingerprint density at radius 2 is 1.92 bits per heavy atom. The molecule has 0 amide bonds. The van der Waals surface area contributed by atoms with Crippen molar-refractivity contribution >= 4 is 50.2 Å². The molecule has 0 unspecified atom stereocenters. The molecule has 1 heterocycles. The minimum atomic E-state index is 0.454. The molecule has 62 valence electrons. The number of rotatable bonds is 0. The molecule has 0 fully saturated rings. The van der Waals surface area contributed by atoms with Crippen molar-refractivity contribution < 1.29 is 4.63 Å². The highest BCUT2D eigenvalue weighted by atomic mass is 79.9. The molecule has 0 atom stereocenters. The molecule has 0 spiro atoms. The van der Waals surface area contributed by atoms with Crippen LogP contribution in [-0.4, -0.2) is 10.3 Å². The SMILES string of the molecule is Clc1cc(Br)c(Cl)c2nonc12. The van der Waals surface area contributed by atoms with Gasteiger partial charge in [-0.05, 0) is 32.3 Å². The van der Waals surface area contributed by atoms with E-state index in [1.54, 1.807) is 6.07 Å². The standard InChI is InChI=1S/C6HBrCl2N2O/c7-2-1-3(8)5-6(4(2)9)11-12-10-5/h1H. The highest BCUT2D eigenvalue weighted by Gasteiger charge is 2.12. The molecule has 0 aliphatic carbocycles. The molecule has 0 radical (unpaired) electrons. The van der Waals surface area contributed by atoms with E-state index in [2.05, 4.69) is 30.9 Å². The fraction of sp³-hybridized carbons (Fsp3) is 0. The molecule has 6 heteroatoms. The number of fused-ring (bicyclic) bond motifs is 1. The monoisotopic (exact) mass is 266 g/mol. The van der Waals surface area contributed by atoms with Gasteiger partial charge in [0, 0.05) is 4.47 Å². The lowest BCUT2D eigenvalue weighted by atomic mass is 10.3. The minimum absolute atomic E-state index is 0.454. The summed E-state index contributed by atoms with van der Waals surface area (Å²) in [6.07, 6.45) is 0. The zero-order chi connectivity index (χ0) is 8.72. The molecule has 0 aliphatic heterocycles. The van der Waals surface area contributed by atoms with Crippen molar-refractivity contribution in [2.24, 2.45) is 0 Å². The first-order valence-corrected chi connectivity index (χ1v) is 4.51. The van der Waals surface area contributed by atoms with Crippen molar-refractivity contribution in [1.29, 1.82) is 0 Å². The smallest absolute Gasteiger partial charge is 0.156 e. The van der Waals surface area contributed by atoms with E-state index in [1.807, 2.05) is 0 Å². The first kappa shape index (κ1) is 8.29. The Hall–Kier alpha value is -0.320. The first-order chi connectivity index (χ1) is 5.70. The number of hydrogen-bond donors (Lipinski definition) is 0. The average Bonchev–Trinajstić information content (AvgIpc) is 2.48. The molecule has 1 aromatic carbocycles. The van der Waals surface area contributed by atoms with Crippen LogP contribution in [0, 0.1) is 0 Å². The van der Waals surface area contributed by atoms with Crippen molar-refractivity contribution in [3.63, 3.8) is 0 Å². The van der Waals surface area contributed by atoms with Gasteiger partial charge in [-0.3, -0.25) is 0 Å². The molecular weight excluding hydrogens is 267 g/mol. The number of aromatic nitrogens is 2. The molecule has 0 aliphatic rings. The maximum Gasteiger partial charge on any atom is 0.156 e. The normalized spacial score (nSPS) is 10.9. The summed E-state index contributed by atoms with van der Waals surface area (Å²) in [5.74, 6) is 0. The van der Waals surface area contributed by atoms with E-state index in [9.17, 15) is 0 Å². The molecule has 2 rings (SSSR count). The predicted octanol–water partition coefficient (Wildman–Crippen LogP) is 3.29. The van der Waals surface area contributed by atoms with Gasteiger partial charge in [0.05, 0.1) is 10.0 Å². The summed E-state index contributed by atoms with van der Waals surface area (Å²) in [5, 5.41) is 8.12. The summed E-state index contributed by atoms with van der Waals surface area (Å²) in [7, 11) is 0. The molecule has 0 saturated heterocycles. The Bertz CT molecular complexity index is 442. The van der Waals surface area contributed by atoms with Crippen LogP contribution >= 0.6 is 39.1 Å². The van der Waals surface area contributed by atoms with E-state index in [-0.39, 0.29) is 0 Å². The van der Waals surface area contributed by atoms with Crippen LogP contribution in [0.5, 0.6) is 0 Å². The molecule has 0 bridgehead atoms. The molecule has 2 aromatic rings. The third-order valence-electron chi connectivity index (χ3n) is 1.39. The lowest BCUT2D eigenvalue weighted by molar-refractivity contribution is 0.315. The zero-order valence-corrected chi connectivity index (χ0v) is 8.61.